The summed E-state index contributed by atoms with van der Waals surface area (Å²) in [5, 5.41) is 0. The molecule has 2 heteroatoms. The van der Waals surface area contributed by atoms with E-state index in [2.05, 4.69) is 148 Å². The molecule has 6 rings (SSSR count). The standard InChI is InChI=1S/2C10H9.2C6H5.C2H7Si.Hf/c2*1-8-6-9-4-2-3-5-10(9)7-8;2*1-2-4-6-5-3-1;1-3-2;/h2*2-7H,1H3;2*1-5H;3H,1-2H3;. The Labute approximate surface area is 218 Å². The average molecular weight is 650 g/mol. The molecule has 0 saturated heterocycles. The van der Waals surface area contributed by atoms with Crippen molar-refractivity contribution in [2.45, 2.75) is 34.3 Å². The van der Waals surface area contributed by atoms with Crippen LogP contribution in [-0.2, 0) is 17.7 Å². The van der Waals surface area contributed by atoms with Gasteiger partial charge in [-0.05, 0) is 0 Å². The fourth-order valence-electron chi connectivity index (χ4n) is 8.56. The number of fused-ring (bicyclic) bond motifs is 2. The third kappa shape index (κ3) is 2.95. The Morgan fingerprint density at radius 1 is 0.500 bits per heavy atom. The molecule has 36 heavy (non-hydrogen) atoms. The van der Waals surface area contributed by atoms with E-state index in [4.69, 9.17) is 0 Å². The van der Waals surface area contributed by atoms with Crippen molar-refractivity contribution in [2.24, 2.45) is 0 Å². The van der Waals surface area contributed by atoms with Crippen molar-refractivity contribution >= 4 is 24.8 Å². The SMILES string of the molecule is CC1=Cc2ccccc2[CH]1[Hf]([c]1ccccc1)([c]1ccccc1)([CH]1C(C)=Cc2ccccc21)[SiH](C)C. The van der Waals surface area contributed by atoms with Crippen molar-refractivity contribution in [1.29, 1.82) is 0 Å². The van der Waals surface area contributed by atoms with Gasteiger partial charge in [-0.1, -0.05) is 0 Å². The molecule has 0 amide bonds. The fraction of sp³-hybridized carbons (Fsp3) is 0.176. The van der Waals surface area contributed by atoms with Gasteiger partial charge in [0.05, 0.1) is 0 Å². The minimum absolute atomic E-state index is 0.467. The van der Waals surface area contributed by atoms with Crippen LogP contribution in [0.15, 0.2) is 120 Å². The van der Waals surface area contributed by atoms with Crippen LogP contribution in [0.4, 0.5) is 0 Å². The van der Waals surface area contributed by atoms with Crippen LogP contribution in [0.25, 0.3) is 12.2 Å². The maximum absolute atomic E-state index is 4.54. The van der Waals surface area contributed by atoms with Gasteiger partial charge in [-0.25, -0.2) is 0 Å². The van der Waals surface area contributed by atoms with E-state index in [1.54, 1.807) is 28.9 Å². The summed E-state index contributed by atoms with van der Waals surface area (Å²) < 4.78 is 4.28. The number of benzene rings is 4. The first-order chi connectivity index (χ1) is 17.5. The number of hydrogen-bond donors (Lipinski definition) is 0. The van der Waals surface area contributed by atoms with Crippen LogP contribution >= 0.6 is 0 Å². The summed E-state index contributed by atoms with van der Waals surface area (Å²) in [6.07, 6.45) is 5.02. The summed E-state index contributed by atoms with van der Waals surface area (Å²) in [6, 6.07) is 42.3. The summed E-state index contributed by atoms with van der Waals surface area (Å²) in [4.78, 5) is 0. The molecule has 0 nitrogen and oxygen atoms in total. The van der Waals surface area contributed by atoms with Crippen molar-refractivity contribution in [2.75, 3.05) is 0 Å². The zero-order chi connectivity index (χ0) is 24.9. The van der Waals surface area contributed by atoms with Crippen LogP contribution in [-0.4, -0.2) is 5.98 Å². The van der Waals surface area contributed by atoms with Gasteiger partial charge < -0.3 is 0 Å². The molecule has 0 aromatic heterocycles. The van der Waals surface area contributed by atoms with Crippen LogP contribution in [0.3, 0.4) is 0 Å². The minimum atomic E-state index is -4.54. The third-order valence-corrected chi connectivity index (χ3v) is 75.9. The summed E-state index contributed by atoms with van der Waals surface area (Å²) in [7, 11) is 0. The van der Waals surface area contributed by atoms with Crippen molar-refractivity contribution in [3.8, 4) is 0 Å². The molecule has 0 aliphatic heterocycles. The topological polar surface area (TPSA) is 0 Å². The third-order valence-electron chi connectivity index (χ3n) is 9.62. The van der Waals surface area contributed by atoms with E-state index >= 15 is 0 Å². The predicted octanol–water partition coefficient (Wildman–Crippen LogP) is 7.63. The van der Waals surface area contributed by atoms with Crippen LogP contribution < -0.4 is 6.64 Å². The van der Waals surface area contributed by atoms with Gasteiger partial charge in [0.2, 0.25) is 0 Å². The van der Waals surface area contributed by atoms with Crippen molar-refractivity contribution in [3.05, 3.63) is 143 Å². The molecule has 2 aliphatic carbocycles. The first kappa shape index (κ1) is 23.8. The number of rotatable bonds is 5. The van der Waals surface area contributed by atoms with E-state index in [9.17, 15) is 0 Å². The second-order valence-electron chi connectivity index (χ2n) is 11.3. The van der Waals surface area contributed by atoms with Gasteiger partial charge in [-0.15, -0.1) is 0 Å². The second-order valence-corrected chi connectivity index (χ2v) is 55.2. The molecule has 4 aromatic rings. The molecule has 0 heterocycles. The predicted molar refractivity (Wildman–Crippen MR) is 157 cm³/mol. The molecule has 0 N–H and O–H groups in total. The molecule has 2 atom stereocenters. The average Bonchev–Trinajstić information content (AvgIpc) is 3.43. The summed E-state index contributed by atoms with van der Waals surface area (Å²) >= 11 is -4.54. The number of hydrogen-bond acceptors (Lipinski definition) is 0. The van der Waals surface area contributed by atoms with Crippen LogP contribution in [0.1, 0.15) is 43.5 Å². The Hall–Kier alpha value is -2.55. The van der Waals surface area contributed by atoms with Crippen LogP contribution in [0.2, 0.25) is 13.1 Å². The van der Waals surface area contributed by atoms with Crippen molar-refractivity contribution in [1.82, 2.24) is 0 Å². The molecular formula is C34H35HfSi. The van der Waals surface area contributed by atoms with Gasteiger partial charge in [0.15, 0.2) is 0 Å². The molecule has 0 fully saturated rings. The fourth-order valence-corrected chi connectivity index (χ4v) is 78.6. The Balaban J connectivity index is 1.88. The molecule has 0 bridgehead atoms. The van der Waals surface area contributed by atoms with Gasteiger partial charge in [-0.3, -0.25) is 0 Å². The summed E-state index contributed by atoms with van der Waals surface area (Å²) in [5.74, 6) is -1.37. The van der Waals surface area contributed by atoms with E-state index in [1.807, 2.05) is 0 Å². The Morgan fingerprint density at radius 2 is 0.861 bits per heavy atom. The Morgan fingerprint density at radius 3 is 1.25 bits per heavy atom. The van der Waals surface area contributed by atoms with E-state index < -0.39 is 23.7 Å². The number of allylic oxidation sites excluding steroid dienone is 2. The van der Waals surface area contributed by atoms with Crippen molar-refractivity contribution < 1.29 is 17.7 Å². The maximum atomic E-state index is 2.69. The Bertz CT molecular complexity index is 1390. The molecular weight excluding hydrogens is 615 g/mol. The molecule has 2 aliphatic rings. The van der Waals surface area contributed by atoms with Gasteiger partial charge >= 0.3 is 219 Å². The summed E-state index contributed by atoms with van der Waals surface area (Å²) in [5.41, 5.74) is 9.12. The second kappa shape index (κ2) is 8.78. The first-order valence-corrected chi connectivity index (χ1v) is 30.2. The summed E-state index contributed by atoms with van der Waals surface area (Å²) in [6.45, 7) is 10.3. The normalized spacial score (nSPS) is 19.8. The van der Waals surface area contributed by atoms with Crippen molar-refractivity contribution in [3.63, 3.8) is 0 Å². The molecule has 4 aromatic carbocycles. The zero-order valence-electron chi connectivity index (χ0n) is 21.8. The quantitative estimate of drug-likeness (QED) is 0.195. The van der Waals surface area contributed by atoms with E-state index in [0.29, 0.717) is 7.35 Å². The van der Waals surface area contributed by atoms with Gasteiger partial charge in [0.25, 0.3) is 0 Å². The van der Waals surface area contributed by atoms with E-state index in [-0.39, 0.29) is 0 Å². The van der Waals surface area contributed by atoms with Crippen LogP contribution in [0, 0.1) is 0 Å². The Kier molecular flexibility index (Phi) is 5.81. The molecule has 179 valence electrons. The van der Waals surface area contributed by atoms with Crippen LogP contribution in [0.5, 0.6) is 0 Å². The molecule has 2 unspecified atom stereocenters. The monoisotopic (exact) mass is 651 g/mol. The van der Waals surface area contributed by atoms with E-state index in [1.165, 1.54) is 11.1 Å². The van der Waals surface area contributed by atoms with Gasteiger partial charge in [-0.2, -0.15) is 0 Å². The first-order valence-electron chi connectivity index (χ1n) is 13.3. The van der Waals surface area contributed by atoms with E-state index in [0.717, 1.165) is 0 Å². The molecule has 0 spiro atoms. The molecule has 0 radical (unpaired) electrons. The van der Waals surface area contributed by atoms with Gasteiger partial charge in [0, 0.05) is 0 Å². The van der Waals surface area contributed by atoms with Gasteiger partial charge in [0.1, 0.15) is 0 Å². The zero-order valence-corrected chi connectivity index (χ0v) is 26.5. The molecule has 0 saturated carbocycles.